The van der Waals surface area contributed by atoms with E-state index in [0.29, 0.717) is 5.56 Å². The normalized spacial score (nSPS) is 13.7. The highest BCUT2D eigenvalue weighted by Gasteiger charge is 2.30. The minimum absolute atomic E-state index is 0.0442. The Morgan fingerprint density at radius 2 is 1.00 bits per heavy atom. The molecule has 0 aliphatic heterocycles. The Morgan fingerprint density at radius 3 is 1.41 bits per heavy atom. The summed E-state index contributed by atoms with van der Waals surface area (Å²) >= 11 is 0. The van der Waals surface area contributed by atoms with Gasteiger partial charge in [0.2, 0.25) is 0 Å². The van der Waals surface area contributed by atoms with Crippen molar-refractivity contribution >= 4 is 5.97 Å². The molecule has 0 saturated heterocycles. The molecule has 3 heteroatoms. The molecule has 0 heterocycles. The summed E-state index contributed by atoms with van der Waals surface area (Å²) in [7, 11) is 0. The summed E-state index contributed by atoms with van der Waals surface area (Å²) in [4.78, 5) is 12.2. The van der Waals surface area contributed by atoms with Crippen molar-refractivity contribution in [1.29, 1.82) is 0 Å². The molecule has 3 nitrogen and oxygen atoms in total. The van der Waals surface area contributed by atoms with Crippen LogP contribution in [0.5, 0.6) is 5.75 Å². The molecule has 0 amide bonds. The lowest BCUT2D eigenvalue weighted by molar-refractivity contribution is 0.0693. The Balaban J connectivity index is 2.05. The molecule has 4 aromatic carbocycles. The molecule has 2 N–H and O–H groups in total. The second-order valence-corrected chi connectivity index (χ2v) is 8.89. The zero-order valence-corrected chi connectivity index (χ0v) is 19.8. The van der Waals surface area contributed by atoms with Crippen molar-refractivity contribution in [2.45, 2.75) is 38.5 Å². The fourth-order valence-corrected chi connectivity index (χ4v) is 4.91. The van der Waals surface area contributed by atoms with Crippen LogP contribution in [0.1, 0.15) is 82.3 Å². The quantitative estimate of drug-likeness (QED) is 0.306. The lowest BCUT2D eigenvalue weighted by atomic mass is 9.75. The van der Waals surface area contributed by atoms with Crippen LogP contribution < -0.4 is 0 Å². The summed E-state index contributed by atoms with van der Waals surface area (Å²) in [5.74, 6) is -1.56. The van der Waals surface area contributed by atoms with Gasteiger partial charge in [-0.05, 0) is 33.9 Å². The Labute approximate surface area is 201 Å². The summed E-state index contributed by atoms with van der Waals surface area (Å²) in [6, 6.07) is 31.9. The van der Waals surface area contributed by atoms with E-state index in [1.165, 1.54) is 0 Å². The summed E-state index contributed by atoms with van der Waals surface area (Å²) < 4.78 is 0. The van der Waals surface area contributed by atoms with E-state index >= 15 is 0 Å². The number of carboxylic acid groups (broad SMARTS) is 1. The van der Waals surface area contributed by atoms with E-state index in [4.69, 9.17) is 0 Å². The third-order valence-electron chi connectivity index (χ3n) is 6.87. The zero-order chi connectivity index (χ0) is 24.2. The number of benzene rings is 4. The first-order chi connectivity index (χ1) is 16.4. The fraction of sp³-hybridized carbons (Fsp3) is 0.194. The molecule has 3 atom stereocenters. The lowest BCUT2D eigenvalue weighted by Crippen LogP contribution is -2.15. The van der Waals surface area contributed by atoms with Crippen LogP contribution in [0.25, 0.3) is 0 Å². The number of hydrogen-bond donors (Lipinski definition) is 2. The number of aromatic hydroxyl groups is 1. The Kier molecular flexibility index (Phi) is 6.83. The van der Waals surface area contributed by atoms with Crippen LogP contribution in [0.3, 0.4) is 0 Å². The molecule has 172 valence electrons. The van der Waals surface area contributed by atoms with Crippen LogP contribution in [0.4, 0.5) is 0 Å². The van der Waals surface area contributed by atoms with E-state index < -0.39 is 5.97 Å². The lowest BCUT2D eigenvalue weighted by Gasteiger charge is -2.29. The van der Waals surface area contributed by atoms with Crippen molar-refractivity contribution in [2.75, 3.05) is 0 Å². The van der Waals surface area contributed by atoms with Crippen molar-refractivity contribution in [3.63, 3.8) is 0 Å². The number of carboxylic acids is 1. The summed E-state index contributed by atoms with van der Waals surface area (Å²) in [5, 5.41) is 21.4. The van der Waals surface area contributed by atoms with E-state index in [-0.39, 0.29) is 29.1 Å². The van der Waals surface area contributed by atoms with Crippen LogP contribution in [0.15, 0.2) is 97.1 Å². The van der Waals surface area contributed by atoms with Crippen molar-refractivity contribution in [3.8, 4) is 5.75 Å². The predicted octanol–water partition coefficient (Wildman–Crippen LogP) is 7.55. The Bertz CT molecular complexity index is 1260. The number of hydrogen-bond acceptors (Lipinski definition) is 2. The fourth-order valence-electron chi connectivity index (χ4n) is 4.91. The number of phenols is 1. The standard InChI is InChI=1S/C31H30O3/c1-20(23-13-7-4-8-14-23)26-19-27(31(33)34)30(32)29(22(3)25-17-11-6-12-18-25)28(26)21(2)24-15-9-5-10-16-24/h4-22,32H,1-3H3,(H,33,34). The van der Waals surface area contributed by atoms with Crippen molar-refractivity contribution in [2.24, 2.45) is 0 Å². The molecule has 0 aliphatic rings. The third kappa shape index (κ3) is 4.47. The highest BCUT2D eigenvalue weighted by Crippen LogP contribution is 2.45. The maximum atomic E-state index is 12.2. The van der Waals surface area contributed by atoms with Crippen LogP contribution in [0.2, 0.25) is 0 Å². The van der Waals surface area contributed by atoms with Gasteiger partial charge in [-0.15, -0.1) is 0 Å². The van der Waals surface area contributed by atoms with Crippen LogP contribution in [0, 0.1) is 0 Å². The number of aromatic carboxylic acids is 1. The molecule has 0 spiro atoms. The summed E-state index contributed by atoms with van der Waals surface area (Å²) in [6.07, 6.45) is 0. The monoisotopic (exact) mass is 450 g/mol. The van der Waals surface area contributed by atoms with Crippen molar-refractivity contribution in [1.82, 2.24) is 0 Å². The average Bonchev–Trinajstić information content (AvgIpc) is 2.88. The maximum Gasteiger partial charge on any atom is 0.339 e. The minimum atomic E-state index is -1.13. The SMILES string of the molecule is CC(c1ccccc1)c1cc(C(=O)O)c(O)c(C(C)c2ccccc2)c1C(C)c1ccccc1. The molecule has 0 fully saturated rings. The number of rotatable bonds is 7. The van der Waals surface area contributed by atoms with Crippen molar-refractivity contribution in [3.05, 3.63) is 136 Å². The first-order valence-electron chi connectivity index (χ1n) is 11.7. The second kappa shape index (κ2) is 9.96. The first-order valence-corrected chi connectivity index (χ1v) is 11.7. The minimum Gasteiger partial charge on any atom is -0.507 e. The smallest absolute Gasteiger partial charge is 0.339 e. The largest absolute Gasteiger partial charge is 0.507 e. The van der Waals surface area contributed by atoms with E-state index in [9.17, 15) is 15.0 Å². The van der Waals surface area contributed by atoms with Gasteiger partial charge in [0.05, 0.1) is 0 Å². The van der Waals surface area contributed by atoms with Gasteiger partial charge in [0, 0.05) is 23.3 Å². The van der Waals surface area contributed by atoms with E-state index in [0.717, 1.165) is 27.8 Å². The molecule has 0 saturated carbocycles. The van der Waals surface area contributed by atoms with Crippen LogP contribution >= 0.6 is 0 Å². The van der Waals surface area contributed by atoms with Gasteiger partial charge in [-0.3, -0.25) is 0 Å². The molecule has 4 rings (SSSR count). The second-order valence-electron chi connectivity index (χ2n) is 8.89. The molecular weight excluding hydrogens is 420 g/mol. The van der Waals surface area contributed by atoms with E-state index in [2.05, 4.69) is 38.1 Å². The van der Waals surface area contributed by atoms with E-state index in [1.807, 2.05) is 73.7 Å². The first kappa shape index (κ1) is 23.3. The molecule has 34 heavy (non-hydrogen) atoms. The molecule has 0 radical (unpaired) electrons. The summed E-state index contributed by atoms with van der Waals surface area (Å²) in [6.45, 7) is 6.27. The Hall–Kier alpha value is -3.85. The average molecular weight is 451 g/mol. The van der Waals surface area contributed by atoms with Gasteiger partial charge >= 0.3 is 5.97 Å². The predicted molar refractivity (Wildman–Crippen MR) is 137 cm³/mol. The molecule has 0 bridgehead atoms. The van der Waals surface area contributed by atoms with E-state index in [1.54, 1.807) is 6.07 Å². The van der Waals surface area contributed by atoms with Gasteiger partial charge in [0.1, 0.15) is 11.3 Å². The van der Waals surface area contributed by atoms with Gasteiger partial charge in [-0.2, -0.15) is 0 Å². The Morgan fingerprint density at radius 1 is 0.618 bits per heavy atom. The third-order valence-corrected chi connectivity index (χ3v) is 6.87. The zero-order valence-electron chi connectivity index (χ0n) is 19.8. The van der Waals surface area contributed by atoms with Gasteiger partial charge in [-0.1, -0.05) is 112 Å². The maximum absolute atomic E-state index is 12.2. The highest BCUT2D eigenvalue weighted by atomic mass is 16.4. The summed E-state index contributed by atoms with van der Waals surface area (Å²) in [5.41, 5.74) is 5.79. The van der Waals surface area contributed by atoms with Gasteiger partial charge in [-0.25, -0.2) is 4.79 Å². The molecular formula is C31H30O3. The molecule has 0 aromatic heterocycles. The molecule has 3 unspecified atom stereocenters. The van der Waals surface area contributed by atoms with Gasteiger partial charge in [0.15, 0.2) is 0 Å². The van der Waals surface area contributed by atoms with Crippen LogP contribution in [-0.2, 0) is 0 Å². The molecule has 4 aromatic rings. The van der Waals surface area contributed by atoms with Gasteiger partial charge in [0.25, 0.3) is 0 Å². The molecule has 0 aliphatic carbocycles. The topological polar surface area (TPSA) is 57.5 Å². The van der Waals surface area contributed by atoms with Gasteiger partial charge < -0.3 is 10.2 Å². The van der Waals surface area contributed by atoms with Crippen molar-refractivity contribution < 1.29 is 15.0 Å². The van der Waals surface area contributed by atoms with Crippen LogP contribution in [-0.4, -0.2) is 16.2 Å². The highest BCUT2D eigenvalue weighted by molar-refractivity contribution is 5.92. The number of carbonyl (C=O) groups is 1.